The minimum absolute atomic E-state index is 0.121. The molecule has 2 aromatic rings. The van der Waals surface area contributed by atoms with E-state index >= 15 is 0 Å². The quantitative estimate of drug-likeness (QED) is 0.650. The third kappa shape index (κ3) is 4.62. The second-order valence-corrected chi connectivity index (χ2v) is 8.63. The molecule has 0 aliphatic heterocycles. The molecular formula is C20H22N4O3S. The molecule has 0 bridgehead atoms. The number of nitrogens with zero attached hydrogens (tertiary/aromatic N) is 1. The number of hydrogen-bond donors (Lipinski definition) is 3. The Hall–Kier alpha value is -2.61. The third-order valence-electron chi connectivity index (χ3n) is 4.67. The van der Waals surface area contributed by atoms with E-state index in [0.717, 1.165) is 31.1 Å². The number of nitrogens with one attached hydrogen (secondary N) is 3. The molecule has 1 aromatic heterocycles. The van der Waals surface area contributed by atoms with Crippen molar-refractivity contribution >= 4 is 40.5 Å². The summed E-state index contributed by atoms with van der Waals surface area (Å²) in [5, 5.41) is 8.93. The van der Waals surface area contributed by atoms with Crippen LogP contribution in [0.2, 0.25) is 0 Å². The van der Waals surface area contributed by atoms with E-state index in [1.54, 1.807) is 13.0 Å². The SMILES string of the molecule is C[C@@H](Sc1cc(C(=O)NC2CC2)c2ccccc2n1)C(=O)NC(=O)NC1CC1. The first-order valence-electron chi connectivity index (χ1n) is 9.48. The molecule has 146 valence electrons. The Morgan fingerprint density at radius 3 is 2.46 bits per heavy atom. The topological polar surface area (TPSA) is 100 Å². The van der Waals surface area contributed by atoms with Crippen molar-refractivity contribution in [3.63, 3.8) is 0 Å². The van der Waals surface area contributed by atoms with E-state index in [1.807, 2.05) is 24.3 Å². The van der Waals surface area contributed by atoms with Crippen molar-refractivity contribution < 1.29 is 14.4 Å². The van der Waals surface area contributed by atoms with Gasteiger partial charge in [-0.05, 0) is 44.7 Å². The molecule has 4 rings (SSSR count). The van der Waals surface area contributed by atoms with Gasteiger partial charge in [-0.3, -0.25) is 14.9 Å². The van der Waals surface area contributed by atoms with E-state index in [1.165, 1.54) is 11.8 Å². The summed E-state index contributed by atoms with van der Waals surface area (Å²) in [7, 11) is 0. The highest BCUT2D eigenvalue weighted by Gasteiger charge is 2.27. The van der Waals surface area contributed by atoms with Gasteiger partial charge in [0, 0.05) is 17.5 Å². The van der Waals surface area contributed by atoms with Crippen LogP contribution in [0.5, 0.6) is 0 Å². The maximum atomic E-state index is 12.7. The number of aromatic nitrogens is 1. The van der Waals surface area contributed by atoms with Crippen LogP contribution in [0.4, 0.5) is 4.79 Å². The fourth-order valence-electron chi connectivity index (χ4n) is 2.79. The van der Waals surface area contributed by atoms with Crippen LogP contribution in [0.25, 0.3) is 10.9 Å². The number of carbonyl (C=O) groups excluding carboxylic acids is 3. The van der Waals surface area contributed by atoms with Crippen LogP contribution in [0, 0.1) is 0 Å². The monoisotopic (exact) mass is 398 g/mol. The average molecular weight is 398 g/mol. The van der Waals surface area contributed by atoms with E-state index < -0.39 is 11.3 Å². The molecule has 1 aromatic carbocycles. The molecule has 2 aliphatic rings. The number of urea groups is 1. The molecule has 0 unspecified atom stereocenters. The zero-order chi connectivity index (χ0) is 19.7. The molecule has 28 heavy (non-hydrogen) atoms. The van der Waals surface area contributed by atoms with E-state index in [9.17, 15) is 14.4 Å². The summed E-state index contributed by atoms with van der Waals surface area (Å²) in [5.74, 6) is -0.508. The molecule has 1 atom stereocenters. The number of para-hydroxylation sites is 1. The zero-order valence-corrected chi connectivity index (χ0v) is 16.3. The average Bonchev–Trinajstić information content (AvgIpc) is 3.58. The molecule has 0 spiro atoms. The maximum Gasteiger partial charge on any atom is 0.321 e. The summed E-state index contributed by atoms with van der Waals surface area (Å²) >= 11 is 1.23. The van der Waals surface area contributed by atoms with Gasteiger partial charge in [-0.15, -0.1) is 0 Å². The lowest BCUT2D eigenvalue weighted by Crippen LogP contribution is -2.43. The smallest absolute Gasteiger partial charge is 0.321 e. The second-order valence-electron chi connectivity index (χ2n) is 7.27. The number of hydrogen-bond acceptors (Lipinski definition) is 5. The largest absolute Gasteiger partial charge is 0.349 e. The minimum atomic E-state index is -0.530. The molecule has 1 heterocycles. The number of fused-ring (bicyclic) bond motifs is 1. The number of carbonyl (C=O) groups is 3. The molecule has 2 aliphatic carbocycles. The van der Waals surface area contributed by atoms with E-state index in [-0.39, 0.29) is 23.9 Å². The van der Waals surface area contributed by atoms with E-state index in [2.05, 4.69) is 20.9 Å². The van der Waals surface area contributed by atoms with Crippen LogP contribution in [-0.4, -0.2) is 40.2 Å². The summed E-state index contributed by atoms with van der Waals surface area (Å²) in [6.45, 7) is 1.71. The van der Waals surface area contributed by atoms with Crippen LogP contribution in [-0.2, 0) is 4.79 Å². The predicted molar refractivity (Wildman–Crippen MR) is 107 cm³/mol. The highest BCUT2D eigenvalue weighted by Crippen LogP contribution is 2.28. The molecule has 4 amide bonds. The number of thioether (sulfide) groups is 1. The number of benzene rings is 1. The predicted octanol–water partition coefficient (Wildman–Crippen LogP) is 2.60. The molecule has 0 saturated heterocycles. The van der Waals surface area contributed by atoms with Gasteiger partial charge in [0.05, 0.1) is 21.4 Å². The van der Waals surface area contributed by atoms with Crippen molar-refractivity contribution in [2.45, 2.75) is 55.0 Å². The first kappa shape index (κ1) is 18.7. The fourth-order valence-corrected chi connectivity index (χ4v) is 3.65. The summed E-state index contributed by atoms with van der Waals surface area (Å²) in [4.78, 5) is 41.3. The highest BCUT2D eigenvalue weighted by atomic mass is 32.2. The maximum absolute atomic E-state index is 12.7. The van der Waals surface area contributed by atoms with Crippen LogP contribution in [0.1, 0.15) is 43.0 Å². The number of pyridine rings is 1. The molecular weight excluding hydrogens is 376 g/mol. The Balaban J connectivity index is 1.49. The van der Waals surface area contributed by atoms with Crippen LogP contribution >= 0.6 is 11.8 Å². The number of imide groups is 1. The Labute approximate surface area is 167 Å². The van der Waals surface area contributed by atoms with Gasteiger partial charge in [0.2, 0.25) is 5.91 Å². The van der Waals surface area contributed by atoms with Crippen molar-refractivity contribution in [1.82, 2.24) is 20.9 Å². The van der Waals surface area contributed by atoms with Crippen molar-refractivity contribution in [3.05, 3.63) is 35.9 Å². The summed E-state index contributed by atoms with van der Waals surface area (Å²) in [5.41, 5.74) is 1.26. The van der Waals surface area contributed by atoms with E-state index in [0.29, 0.717) is 16.1 Å². The Morgan fingerprint density at radius 1 is 1.07 bits per heavy atom. The standard InChI is InChI=1S/C20H22N4O3S/c1-11(18(25)24-20(27)22-13-8-9-13)28-17-10-15(19(26)21-12-6-7-12)14-4-2-3-5-16(14)23-17/h2-5,10-13H,6-9H2,1H3,(H,21,26)(H2,22,24,25,27)/t11-/m1/s1. The van der Waals surface area contributed by atoms with Gasteiger partial charge in [0.1, 0.15) is 0 Å². The lowest BCUT2D eigenvalue weighted by atomic mass is 10.1. The fraction of sp³-hybridized carbons (Fsp3) is 0.400. The Morgan fingerprint density at radius 2 is 1.75 bits per heavy atom. The lowest BCUT2D eigenvalue weighted by molar-refractivity contribution is -0.119. The van der Waals surface area contributed by atoms with Crippen molar-refractivity contribution in [2.75, 3.05) is 0 Å². The first-order chi connectivity index (χ1) is 13.5. The van der Waals surface area contributed by atoms with Crippen molar-refractivity contribution in [1.29, 1.82) is 0 Å². The molecule has 2 fully saturated rings. The van der Waals surface area contributed by atoms with E-state index in [4.69, 9.17) is 0 Å². The van der Waals surface area contributed by atoms with Gasteiger partial charge in [-0.1, -0.05) is 30.0 Å². The van der Waals surface area contributed by atoms with Crippen molar-refractivity contribution in [2.24, 2.45) is 0 Å². The summed E-state index contributed by atoms with van der Waals surface area (Å²) < 4.78 is 0. The summed E-state index contributed by atoms with van der Waals surface area (Å²) in [6, 6.07) is 9.16. The Kier molecular flexibility index (Phi) is 5.21. The number of rotatable bonds is 6. The van der Waals surface area contributed by atoms with Crippen LogP contribution in [0.3, 0.4) is 0 Å². The van der Waals surface area contributed by atoms with Gasteiger partial charge in [-0.25, -0.2) is 9.78 Å². The molecule has 3 N–H and O–H groups in total. The van der Waals surface area contributed by atoms with Gasteiger partial charge < -0.3 is 10.6 Å². The van der Waals surface area contributed by atoms with Gasteiger partial charge in [0.15, 0.2) is 0 Å². The number of amides is 4. The van der Waals surface area contributed by atoms with Gasteiger partial charge in [0.25, 0.3) is 5.91 Å². The third-order valence-corrected chi connectivity index (χ3v) is 5.68. The molecule has 8 heteroatoms. The second kappa shape index (κ2) is 7.79. The normalized spacial score (nSPS) is 17.0. The molecule has 7 nitrogen and oxygen atoms in total. The van der Waals surface area contributed by atoms with Gasteiger partial charge >= 0.3 is 6.03 Å². The molecule has 0 radical (unpaired) electrons. The van der Waals surface area contributed by atoms with Gasteiger partial charge in [-0.2, -0.15) is 0 Å². The first-order valence-corrected chi connectivity index (χ1v) is 10.4. The highest BCUT2D eigenvalue weighted by molar-refractivity contribution is 8.00. The lowest BCUT2D eigenvalue weighted by Gasteiger charge is -2.13. The van der Waals surface area contributed by atoms with Crippen LogP contribution in [0.15, 0.2) is 35.4 Å². The summed E-state index contributed by atoms with van der Waals surface area (Å²) in [6.07, 6.45) is 3.93. The molecule has 2 saturated carbocycles. The van der Waals surface area contributed by atoms with Crippen LogP contribution < -0.4 is 16.0 Å². The zero-order valence-electron chi connectivity index (χ0n) is 15.5. The Bertz CT molecular complexity index is 940. The minimum Gasteiger partial charge on any atom is -0.349 e. The van der Waals surface area contributed by atoms with Crippen molar-refractivity contribution in [3.8, 4) is 0 Å².